The first kappa shape index (κ1) is 29.2. The highest BCUT2D eigenvalue weighted by molar-refractivity contribution is 8.26. The van der Waals surface area contributed by atoms with Crippen LogP contribution in [0.1, 0.15) is 29.2 Å². The topological polar surface area (TPSA) is 76.1 Å². The Bertz CT molecular complexity index is 1400. The summed E-state index contributed by atoms with van der Waals surface area (Å²) in [5, 5.41) is 9.04. The van der Waals surface area contributed by atoms with Gasteiger partial charge in [0, 0.05) is 5.56 Å². The average molecular weight is 588 g/mol. The van der Waals surface area contributed by atoms with E-state index in [0.717, 1.165) is 28.6 Å². The number of carboxylic acids is 1. The highest BCUT2D eigenvalue weighted by atomic mass is 32.2. The molecule has 1 atom stereocenters. The maximum absolute atomic E-state index is 14.1. The van der Waals surface area contributed by atoms with Crippen molar-refractivity contribution in [1.82, 2.24) is 4.90 Å². The smallest absolute Gasteiger partial charge is 0.429 e. The van der Waals surface area contributed by atoms with Gasteiger partial charge in [0.25, 0.3) is 5.91 Å². The van der Waals surface area contributed by atoms with E-state index in [1.54, 1.807) is 12.1 Å². The minimum Gasteiger partial charge on any atom is -0.490 e. The number of alkyl halides is 3. The molecule has 3 aromatic carbocycles. The highest BCUT2D eigenvalue weighted by Crippen LogP contribution is 2.41. The van der Waals surface area contributed by atoms with Crippen molar-refractivity contribution in [3.63, 3.8) is 0 Å². The third-order valence-corrected chi connectivity index (χ3v) is 7.16. The van der Waals surface area contributed by atoms with Crippen LogP contribution in [0.15, 0.2) is 83.8 Å². The molecule has 0 radical (unpaired) electrons. The molecule has 1 aliphatic rings. The first-order chi connectivity index (χ1) is 19.1. The number of aryl methyl sites for hydroxylation is 1. The summed E-state index contributed by atoms with van der Waals surface area (Å²) in [6.45, 7) is -0.350. The summed E-state index contributed by atoms with van der Waals surface area (Å²) in [7, 11) is 0. The zero-order valence-electron chi connectivity index (χ0n) is 21.0. The number of aliphatic carboxylic acids is 1. The maximum Gasteiger partial charge on any atom is 0.429 e. The van der Waals surface area contributed by atoms with Gasteiger partial charge < -0.3 is 14.6 Å². The summed E-state index contributed by atoms with van der Waals surface area (Å²) in [4.78, 5) is 24.8. The number of thioether (sulfide) groups is 1. The fourth-order valence-electron chi connectivity index (χ4n) is 3.93. The van der Waals surface area contributed by atoms with Crippen LogP contribution in [-0.4, -0.2) is 45.5 Å². The van der Waals surface area contributed by atoms with E-state index < -0.39 is 30.7 Å². The van der Waals surface area contributed by atoms with Crippen LogP contribution >= 0.6 is 24.0 Å². The lowest BCUT2D eigenvalue weighted by Gasteiger charge is -2.24. The minimum atomic E-state index is -4.72. The summed E-state index contributed by atoms with van der Waals surface area (Å²) in [6.07, 6.45) is -4.20. The molecule has 1 unspecified atom stereocenters. The van der Waals surface area contributed by atoms with Crippen LogP contribution in [0, 0.1) is 0 Å². The van der Waals surface area contributed by atoms with Gasteiger partial charge in [-0.2, -0.15) is 13.2 Å². The van der Waals surface area contributed by atoms with Gasteiger partial charge in [0.15, 0.2) is 11.5 Å². The molecule has 1 amide bonds. The van der Waals surface area contributed by atoms with E-state index in [-0.39, 0.29) is 32.9 Å². The molecule has 0 spiro atoms. The number of benzene rings is 3. The van der Waals surface area contributed by atoms with E-state index in [0.29, 0.717) is 12.0 Å². The fraction of sp³-hybridized carbons (Fsp3) is 0.207. The molecule has 208 valence electrons. The van der Waals surface area contributed by atoms with Crippen molar-refractivity contribution in [3.05, 3.63) is 100 Å². The molecule has 6 nitrogen and oxygen atoms in total. The molecule has 0 aromatic heterocycles. The van der Waals surface area contributed by atoms with E-state index in [1.807, 2.05) is 30.3 Å². The molecule has 1 fully saturated rings. The number of nitrogens with zero attached hydrogens (tertiary/aromatic N) is 1. The fourth-order valence-corrected chi connectivity index (χ4v) is 5.19. The third-order valence-electron chi connectivity index (χ3n) is 5.79. The molecule has 1 heterocycles. The van der Waals surface area contributed by atoms with Crippen molar-refractivity contribution in [1.29, 1.82) is 0 Å². The quantitative estimate of drug-likeness (QED) is 0.153. The lowest BCUT2D eigenvalue weighted by molar-refractivity contribution is -0.198. The Labute approximate surface area is 238 Å². The zero-order valence-corrected chi connectivity index (χ0v) is 22.6. The normalized spacial score (nSPS) is 15.4. The molecule has 1 saturated heterocycles. The maximum atomic E-state index is 14.1. The number of carbonyl (C=O) groups is 2. The molecule has 1 aliphatic heterocycles. The number of amides is 1. The second-order valence-corrected chi connectivity index (χ2v) is 10.4. The van der Waals surface area contributed by atoms with Gasteiger partial charge in [-0.15, -0.1) is 0 Å². The average Bonchev–Trinajstić information content (AvgIpc) is 3.17. The summed E-state index contributed by atoms with van der Waals surface area (Å²) < 4.78 is 53.8. The highest BCUT2D eigenvalue weighted by Gasteiger charge is 2.43. The van der Waals surface area contributed by atoms with Crippen molar-refractivity contribution in [3.8, 4) is 11.5 Å². The van der Waals surface area contributed by atoms with Crippen LogP contribution in [0.4, 0.5) is 13.2 Å². The predicted octanol–water partition coefficient (Wildman–Crippen LogP) is 6.67. The van der Waals surface area contributed by atoms with E-state index in [2.05, 4.69) is 0 Å². The van der Waals surface area contributed by atoms with Gasteiger partial charge in [-0.3, -0.25) is 14.5 Å². The van der Waals surface area contributed by atoms with Crippen LogP contribution < -0.4 is 9.47 Å². The molecule has 0 aliphatic carbocycles. The van der Waals surface area contributed by atoms with Gasteiger partial charge >= 0.3 is 12.1 Å². The third kappa shape index (κ3) is 7.64. The molecule has 0 saturated carbocycles. The van der Waals surface area contributed by atoms with Crippen LogP contribution in [0.3, 0.4) is 0 Å². The van der Waals surface area contributed by atoms with Crippen molar-refractivity contribution >= 4 is 46.3 Å². The Kier molecular flexibility index (Phi) is 9.49. The number of hydrogen-bond donors (Lipinski definition) is 1. The molecule has 11 heteroatoms. The number of carbonyl (C=O) groups excluding carboxylic acids is 1. The van der Waals surface area contributed by atoms with Gasteiger partial charge in [0.1, 0.15) is 10.9 Å². The summed E-state index contributed by atoms with van der Waals surface area (Å²) >= 11 is 6.03. The first-order valence-electron chi connectivity index (χ1n) is 12.2. The zero-order chi connectivity index (χ0) is 28.7. The monoisotopic (exact) mass is 587 g/mol. The molecular formula is C29H24F3NO5S2. The number of ether oxygens (including phenoxy) is 2. The minimum absolute atomic E-state index is 0.0784. The van der Waals surface area contributed by atoms with Crippen molar-refractivity contribution < 1.29 is 37.3 Å². The molecule has 1 N–H and O–H groups in total. The molecular weight excluding hydrogens is 563 g/mol. The van der Waals surface area contributed by atoms with Crippen molar-refractivity contribution in [2.75, 3.05) is 13.2 Å². The lowest BCUT2D eigenvalue weighted by atomic mass is 10.1. The van der Waals surface area contributed by atoms with Crippen LogP contribution in [0.25, 0.3) is 6.08 Å². The summed E-state index contributed by atoms with van der Waals surface area (Å²) in [6, 6.07) is 21.4. The van der Waals surface area contributed by atoms with E-state index in [1.165, 1.54) is 42.5 Å². The lowest BCUT2D eigenvalue weighted by Crippen LogP contribution is -2.33. The SMILES string of the molecule is O=C(O)CN1C(=O)/C(=C/c2ccc(OCCCc3ccccc3)c(OC(c3ccccc3)C(F)(F)F)c2)SC1=S. The van der Waals surface area contributed by atoms with Gasteiger partial charge in [-0.1, -0.05) is 90.7 Å². The largest absolute Gasteiger partial charge is 0.490 e. The first-order valence-corrected chi connectivity index (χ1v) is 13.4. The Balaban J connectivity index is 1.61. The number of thiocarbonyl (C=S) groups is 1. The predicted molar refractivity (Wildman–Crippen MR) is 150 cm³/mol. The second kappa shape index (κ2) is 13.0. The van der Waals surface area contributed by atoms with Gasteiger partial charge in [0.2, 0.25) is 6.10 Å². The Hall–Kier alpha value is -3.83. The van der Waals surface area contributed by atoms with E-state index >= 15 is 0 Å². The number of carboxylic acid groups (broad SMARTS) is 1. The number of rotatable bonds is 11. The Morgan fingerprint density at radius 2 is 1.70 bits per heavy atom. The second-order valence-electron chi connectivity index (χ2n) is 8.76. The van der Waals surface area contributed by atoms with Gasteiger partial charge in [0.05, 0.1) is 11.5 Å². The van der Waals surface area contributed by atoms with Crippen LogP contribution in [0.2, 0.25) is 0 Å². The summed E-state index contributed by atoms with van der Waals surface area (Å²) in [5.41, 5.74) is 1.39. The van der Waals surface area contributed by atoms with E-state index in [4.69, 9.17) is 26.8 Å². The summed E-state index contributed by atoms with van der Waals surface area (Å²) in [5.74, 6) is -1.85. The number of hydrogen-bond acceptors (Lipinski definition) is 6. The van der Waals surface area contributed by atoms with Crippen molar-refractivity contribution in [2.24, 2.45) is 0 Å². The molecule has 3 aromatic rings. The van der Waals surface area contributed by atoms with Gasteiger partial charge in [-0.05, 0) is 42.2 Å². The Morgan fingerprint density at radius 1 is 1.02 bits per heavy atom. The van der Waals surface area contributed by atoms with Crippen molar-refractivity contribution in [2.45, 2.75) is 25.1 Å². The molecule has 0 bridgehead atoms. The standard InChI is InChI=1S/C29H24F3NO5S2/c30-29(31,32)26(21-11-5-2-6-12-21)38-23-16-20(17-24-27(36)33(18-25(34)35)28(39)40-24)13-14-22(23)37-15-7-10-19-8-3-1-4-9-19/h1-6,8-9,11-14,16-17,26H,7,10,15,18H2,(H,34,35)/b24-17-. The van der Waals surface area contributed by atoms with E-state index in [9.17, 15) is 22.8 Å². The van der Waals surface area contributed by atoms with Crippen LogP contribution in [-0.2, 0) is 16.0 Å². The van der Waals surface area contributed by atoms with Gasteiger partial charge in [-0.25, -0.2) is 0 Å². The molecule has 40 heavy (non-hydrogen) atoms. The number of halogens is 3. The Morgan fingerprint density at radius 3 is 2.35 bits per heavy atom. The van der Waals surface area contributed by atoms with Crippen LogP contribution in [0.5, 0.6) is 11.5 Å². The molecule has 4 rings (SSSR count).